The van der Waals surface area contributed by atoms with Crippen LogP contribution in [-0.2, 0) is 6.42 Å². The van der Waals surface area contributed by atoms with Gasteiger partial charge in [-0.05, 0) is 92.1 Å². The molecule has 30 heavy (non-hydrogen) atoms. The fraction of sp³-hybridized carbons (Fsp3) is 0.269. The molecule has 0 aliphatic heterocycles. The molecule has 1 saturated carbocycles. The van der Waals surface area contributed by atoms with E-state index < -0.39 is 0 Å². The normalized spacial score (nSPS) is 17.3. The predicted molar refractivity (Wildman–Crippen MR) is 112 cm³/mol. The Morgan fingerprint density at radius 3 is 2.43 bits per heavy atom. The standard InChI is InChI=1S/C26H22FNO2/c1-16-14-17(15-28)2-11-23(16)30-24-13-10-22(27)26-21(24)9-12-25(26)29-20-7-5-19(6-8-20)18-3-4-18/h2,5-8,10-11,13-14,18,25H,3-4,9,12H2,1H3. The molecule has 150 valence electrons. The summed E-state index contributed by atoms with van der Waals surface area (Å²) in [6.45, 7) is 1.90. The highest BCUT2D eigenvalue weighted by atomic mass is 19.1. The Morgan fingerprint density at radius 2 is 1.73 bits per heavy atom. The van der Waals surface area contributed by atoms with Crippen molar-refractivity contribution < 1.29 is 13.9 Å². The molecule has 0 saturated heterocycles. The number of ether oxygens (including phenoxy) is 2. The molecule has 5 rings (SSSR count). The number of nitrogens with zero attached hydrogens (tertiary/aromatic N) is 1. The SMILES string of the molecule is Cc1cc(C#N)ccc1Oc1ccc(F)c2c1CCC2Oc1ccc(C2CC2)cc1. The zero-order valence-corrected chi connectivity index (χ0v) is 16.8. The predicted octanol–water partition coefficient (Wildman–Crippen LogP) is 6.74. The average Bonchev–Trinajstić information content (AvgIpc) is 3.52. The van der Waals surface area contributed by atoms with Gasteiger partial charge in [0.2, 0.25) is 0 Å². The van der Waals surface area contributed by atoms with Gasteiger partial charge in [0.05, 0.1) is 11.6 Å². The summed E-state index contributed by atoms with van der Waals surface area (Å²) in [6, 6.07) is 18.8. The second-order valence-corrected chi connectivity index (χ2v) is 8.12. The van der Waals surface area contributed by atoms with Crippen molar-refractivity contribution in [3.8, 4) is 23.3 Å². The van der Waals surface area contributed by atoms with Crippen LogP contribution in [0, 0.1) is 24.1 Å². The summed E-state index contributed by atoms with van der Waals surface area (Å²) < 4.78 is 27.0. The zero-order valence-electron chi connectivity index (χ0n) is 16.8. The van der Waals surface area contributed by atoms with E-state index in [1.807, 2.05) is 19.1 Å². The van der Waals surface area contributed by atoms with E-state index in [1.54, 1.807) is 24.3 Å². The van der Waals surface area contributed by atoms with Crippen LogP contribution in [0.25, 0.3) is 0 Å². The van der Waals surface area contributed by atoms with Crippen LogP contribution >= 0.6 is 0 Å². The third-order valence-electron chi connectivity index (χ3n) is 5.97. The molecule has 1 fully saturated rings. The van der Waals surface area contributed by atoms with E-state index in [9.17, 15) is 4.39 Å². The summed E-state index contributed by atoms with van der Waals surface area (Å²) in [5.74, 6) is 2.53. The molecule has 0 bridgehead atoms. The number of rotatable bonds is 5. The lowest BCUT2D eigenvalue weighted by molar-refractivity contribution is 0.203. The Kier molecular flexibility index (Phi) is 4.67. The molecule has 1 atom stereocenters. The van der Waals surface area contributed by atoms with Crippen LogP contribution in [0.4, 0.5) is 4.39 Å². The summed E-state index contributed by atoms with van der Waals surface area (Å²) in [5, 5.41) is 9.05. The van der Waals surface area contributed by atoms with E-state index in [1.165, 1.54) is 24.5 Å². The van der Waals surface area contributed by atoms with E-state index >= 15 is 0 Å². The molecular formula is C26H22FNO2. The van der Waals surface area contributed by atoms with Gasteiger partial charge >= 0.3 is 0 Å². The second-order valence-electron chi connectivity index (χ2n) is 8.12. The molecular weight excluding hydrogens is 377 g/mol. The third-order valence-corrected chi connectivity index (χ3v) is 5.97. The van der Waals surface area contributed by atoms with E-state index in [4.69, 9.17) is 14.7 Å². The first-order chi connectivity index (χ1) is 14.6. The maximum absolute atomic E-state index is 14.7. The van der Waals surface area contributed by atoms with Crippen molar-refractivity contribution in [2.24, 2.45) is 0 Å². The molecule has 3 nitrogen and oxygen atoms in total. The Morgan fingerprint density at radius 1 is 0.967 bits per heavy atom. The Labute approximate surface area is 175 Å². The monoisotopic (exact) mass is 399 g/mol. The fourth-order valence-corrected chi connectivity index (χ4v) is 4.21. The largest absolute Gasteiger partial charge is 0.486 e. The molecule has 0 radical (unpaired) electrons. The minimum absolute atomic E-state index is 0.258. The number of halogens is 1. The van der Waals surface area contributed by atoms with Gasteiger partial charge in [-0.25, -0.2) is 4.39 Å². The van der Waals surface area contributed by atoms with Crippen molar-refractivity contribution in [3.63, 3.8) is 0 Å². The number of benzene rings is 3. The Hall–Kier alpha value is -3.32. The second kappa shape index (κ2) is 7.50. The van der Waals surface area contributed by atoms with Crippen LogP contribution in [0.3, 0.4) is 0 Å². The Bertz CT molecular complexity index is 1140. The van der Waals surface area contributed by atoms with E-state index in [0.717, 1.165) is 16.9 Å². The lowest BCUT2D eigenvalue weighted by atomic mass is 10.1. The quantitative estimate of drug-likeness (QED) is 0.477. The van der Waals surface area contributed by atoms with Crippen LogP contribution in [0.5, 0.6) is 17.2 Å². The van der Waals surface area contributed by atoms with Crippen LogP contribution in [0.2, 0.25) is 0 Å². The van der Waals surface area contributed by atoms with Crippen molar-refractivity contribution in [1.82, 2.24) is 0 Å². The minimum Gasteiger partial charge on any atom is -0.486 e. The van der Waals surface area contributed by atoms with Crippen molar-refractivity contribution in [1.29, 1.82) is 5.26 Å². The van der Waals surface area contributed by atoms with E-state index in [2.05, 4.69) is 18.2 Å². The van der Waals surface area contributed by atoms with Crippen molar-refractivity contribution in [3.05, 3.63) is 88.2 Å². The van der Waals surface area contributed by atoms with Crippen LogP contribution in [0.15, 0.2) is 54.6 Å². The fourth-order valence-electron chi connectivity index (χ4n) is 4.21. The van der Waals surface area contributed by atoms with Gasteiger partial charge in [-0.3, -0.25) is 0 Å². The smallest absolute Gasteiger partial charge is 0.131 e. The molecule has 2 aliphatic rings. The summed E-state index contributed by atoms with van der Waals surface area (Å²) in [5.41, 5.74) is 4.26. The molecule has 0 spiro atoms. The van der Waals surface area contributed by atoms with Gasteiger partial charge in [-0.15, -0.1) is 0 Å². The third kappa shape index (κ3) is 3.52. The number of aryl methyl sites for hydroxylation is 1. The molecule has 0 amide bonds. The van der Waals surface area contributed by atoms with Gasteiger partial charge in [-0.2, -0.15) is 5.26 Å². The highest BCUT2D eigenvalue weighted by Crippen LogP contribution is 2.44. The van der Waals surface area contributed by atoms with Crippen LogP contribution in [0.1, 0.15) is 59.1 Å². The topological polar surface area (TPSA) is 42.2 Å². The van der Waals surface area contributed by atoms with Gasteiger partial charge in [0.15, 0.2) is 0 Å². The number of nitriles is 1. The summed E-state index contributed by atoms with van der Waals surface area (Å²) in [4.78, 5) is 0. The number of hydrogen-bond donors (Lipinski definition) is 0. The summed E-state index contributed by atoms with van der Waals surface area (Å²) in [6.07, 6.45) is 3.62. The average molecular weight is 399 g/mol. The lowest BCUT2D eigenvalue weighted by Crippen LogP contribution is -2.06. The van der Waals surface area contributed by atoms with E-state index in [0.29, 0.717) is 41.4 Å². The minimum atomic E-state index is -0.322. The van der Waals surface area contributed by atoms with Crippen LogP contribution in [-0.4, -0.2) is 0 Å². The molecule has 0 heterocycles. The van der Waals surface area contributed by atoms with Gasteiger partial charge in [0, 0.05) is 11.1 Å². The van der Waals surface area contributed by atoms with Crippen molar-refractivity contribution in [2.45, 2.75) is 44.6 Å². The Balaban J connectivity index is 1.39. The number of fused-ring (bicyclic) bond motifs is 1. The van der Waals surface area contributed by atoms with Gasteiger partial charge in [0.25, 0.3) is 0 Å². The summed E-state index contributed by atoms with van der Waals surface area (Å²) >= 11 is 0. The molecule has 2 aliphatic carbocycles. The van der Waals surface area contributed by atoms with Crippen LogP contribution < -0.4 is 9.47 Å². The molecule has 0 aromatic heterocycles. The number of hydrogen-bond acceptors (Lipinski definition) is 3. The molecule has 4 heteroatoms. The highest BCUT2D eigenvalue weighted by Gasteiger charge is 2.31. The summed E-state index contributed by atoms with van der Waals surface area (Å²) in [7, 11) is 0. The molecule has 1 unspecified atom stereocenters. The highest BCUT2D eigenvalue weighted by molar-refractivity contribution is 5.50. The zero-order chi connectivity index (χ0) is 20.7. The van der Waals surface area contributed by atoms with Gasteiger partial charge in [-0.1, -0.05) is 12.1 Å². The molecule has 0 N–H and O–H groups in total. The first-order valence-electron chi connectivity index (χ1n) is 10.4. The molecule has 3 aromatic carbocycles. The van der Waals surface area contributed by atoms with Gasteiger partial charge < -0.3 is 9.47 Å². The van der Waals surface area contributed by atoms with Crippen molar-refractivity contribution in [2.75, 3.05) is 0 Å². The lowest BCUT2D eigenvalue weighted by Gasteiger charge is -2.17. The van der Waals surface area contributed by atoms with Crippen molar-refractivity contribution >= 4 is 0 Å². The molecule has 3 aromatic rings. The van der Waals surface area contributed by atoms with Gasteiger partial charge in [0.1, 0.15) is 29.2 Å². The first-order valence-corrected chi connectivity index (χ1v) is 10.4. The maximum atomic E-state index is 14.7. The maximum Gasteiger partial charge on any atom is 0.131 e. The van der Waals surface area contributed by atoms with E-state index in [-0.39, 0.29) is 11.9 Å². The first kappa shape index (κ1) is 18.7.